The fourth-order valence-electron chi connectivity index (χ4n) is 1.59. The number of amidine groups is 1. The van der Waals surface area contributed by atoms with Crippen molar-refractivity contribution in [2.75, 3.05) is 6.61 Å². The van der Waals surface area contributed by atoms with Crippen LogP contribution in [0.25, 0.3) is 0 Å². The highest BCUT2D eigenvalue weighted by atomic mass is 16.5. The smallest absolute Gasteiger partial charge is 0.120 e. The van der Waals surface area contributed by atoms with E-state index in [-0.39, 0.29) is 11.9 Å². The summed E-state index contributed by atoms with van der Waals surface area (Å²) < 4.78 is 5.51. The van der Waals surface area contributed by atoms with Gasteiger partial charge in [-0.05, 0) is 18.8 Å². The van der Waals surface area contributed by atoms with Crippen LogP contribution < -0.4 is 5.73 Å². The predicted octanol–water partition coefficient (Wildman–Crippen LogP) is 1.91. The van der Waals surface area contributed by atoms with Crippen molar-refractivity contribution in [3.63, 3.8) is 0 Å². The number of hydrogen-bond acceptors (Lipinski definition) is 2. The largest absolute Gasteiger partial charge is 0.385 e. The molecule has 3 N–H and O–H groups in total. The van der Waals surface area contributed by atoms with E-state index in [1.165, 1.54) is 19.3 Å². The SMILES string of the molecule is CCC(OCCC1CCC1)C(=N)N. The van der Waals surface area contributed by atoms with E-state index in [2.05, 4.69) is 0 Å². The van der Waals surface area contributed by atoms with Gasteiger partial charge in [0.05, 0.1) is 0 Å². The van der Waals surface area contributed by atoms with E-state index in [4.69, 9.17) is 15.9 Å². The highest BCUT2D eigenvalue weighted by molar-refractivity contribution is 5.81. The van der Waals surface area contributed by atoms with Crippen molar-refractivity contribution in [3.8, 4) is 0 Å². The van der Waals surface area contributed by atoms with Crippen LogP contribution in [0.2, 0.25) is 0 Å². The molecule has 0 aromatic rings. The molecule has 0 aromatic carbocycles. The Hall–Kier alpha value is -0.570. The molecule has 0 amide bonds. The molecule has 1 fully saturated rings. The average molecular weight is 184 g/mol. The Morgan fingerprint density at radius 1 is 1.62 bits per heavy atom. The van der Waals surface area contributed by atoms with Crippen LogP contribution in [0, 0.1) is 11.3 Å². The molecule has 1 aliphatic carbocycles. The Morgan fingerprint density at radius 3 is 2.69 bits per heavy atom. The summed E-state index contributed by atoms with van der Waals surface area (Å²) in [5.74, 6) is 1.04. The molecule has 13 heavy (non-hydrogen) atoms. The van der Waals surface area contributed by atoms with Gasteiger partial charge in [0.15, 0.2) is 0 Å². The minimum absolute atomic E-state index is 0.153. The summed E-state index contributed by atoms with van der Waals surface area (Å²) in [7, 11) is 0. The number of nitrogens with two attached hydrogens (primary N) is 1. The van der Waals surface area contributed by atoms with Gasteiger partial charge in [0, 0.05) is 6.61 Å². The highest BCUT2D eigenvalue weighted by Crippen LogP contribution is 2.29. The van der Waals surface area contributed by atoms with Crippen LogP contribution in [0.3, 0.4) is 0 Å². The molecule has 3 nitrogen and oxygen atoms in total. The van der Waals surface area contributed by atoms with Crippen LogP contribution >= 0.6 is 0 Å². The van der Waals surface area contributed by atoms with Crippen LogP contribution in [0.4, 0.5) is 0 Å². The van der Waals surface area contributed by atoms with Gasteiger partial charge in [-0.2, -0.15) is 0 Å². The zero-order chi connectivity index (χ0) is 9.68. The summed E-state index contributed by atoms with van der Waals surface area (Å²) in [6.45, 7) is 2.76. The van der Waals surface area contributed by atoms with Crippen LogP contribution in [0.1, 0.15) is 39.0 Å². The van der Waals surface area contributed by atoms with E-state index in [1.807, 2.05) is 6.92 Å². The summed E-state index contributed by atoms with van der Waals surface area (Å²) in [6, 6.07) is 0. The minimum Gasteiger partial charge on any atom is -0.385 e. The average Bonchev–Trinajstić information content (AvgIpc) is 2.00. The van der Waals surface area contributed by atoms with Crippen molar-refractivity contribution in [1.82, 2.24) is 0 Å². The highest BCUT2D eigenvalue weighted by Gasteiger charge is 2.18. The normalized spacial score (nSPS) is 19.5. The van der Waals surface area contributed by atoms with Crippen molar-refractivity contribution in [3.05, 3.63) is 0 Å². The van der Waals surface area contributed by atoms with Crippen molar-refractivity contribution < 1.29 is 4.74 Å². The third-order valence-corrected chi connectivity index (χ3v) is 2.79. The summed E-state index contributed by atoms with van der Waals surface area (Å²) in [5.41, 5.74) is 5.37. The first-order chi connectivity index (χ1) is 6.24. The maximum absolute atomic E-state index is 7.25. The molecule has 0 saturated heterocycles. The van der Waals surface area contributed by atoms with Crippen LogP contribution in [0.15, 0.2) is 0 Å². The van der Waals surface area contributed by atoms with Gasteiger partial charge >= 0.3 is 0 Å². The zero-order valence-corrected chi connectivity index (χ0v) is 8.38. The molecular weight excluding hydrogens is 164 g/mol. The molecule has 0 radical (unpaired) electrons. The van der Waals surface area contributed by atoms with E-state index in [0.29, 0.717) is 0 Å². The molecule has 0 aliphatic heterocycles. The quantitative estimate of drug-likeness (QED) is 0.489. The first kappa shape index (κ1) is 10.5. The molecule has 1 rings (SSSR count). The lowest BCUT2D eigenvalue weighted by Crippen LogP contribution is -2.30. The molecule has 0 heterocycles. The Labute approximate surface area is 80.2 Å². The molecule has 1 saturated carbocycles. The van der Waals surface area contributed by atoms with E-state index in [9.17, 15) is 0 Å². The van der Waals surface area contributed by atoms with E-state index >= 15 is 0 Å². The van der Waals surface area contributed by atoms with Crippen LogP contribution in [0.5, 0.6) is 0 Å². The zero-order valence-electron chi connectivity index (χ0n) is 8.38. The fraction of sp³-hybridized carbons (Fsp3) is 0.900. The Kier molecular flexibility index (Phi) is 4.22. The number of ether oxygens (including phenoxy) is 1. The van der Waals surface area contributed by atoms with Gasteiger partial charge < -0.3 is 10.5 Å². The Balaban J connectivity index is 2.05. The van der Waals surface area contributed by atoms with Gasteiger partial charge in [-0.1, -0.05) is 26.2 Å². The number of nitrogens with one attached hydrogen (secondary N) is 1. The Morgan fingerprint density at radius 2 is 2.31 bits per heavy atom. The van der Waals surface area contributed by atoms with Crippen molar-refractivity contribution in [1.29, 1.82) is 5.41 Å². The molecule has 0 spiro atoms. The van der Waals surface area contributed by atoms with Gasteiger partial charge in [-0.25, -0.2) is 0 Å². The molecular formula is C10H20N2O. The summed E-state index contributed by atoms with van der Waals surface area (Å²) in [6.07, 6.45) is 5.90. The standard InChI is InChI=1S/C10H20N2O/c1-2-9(10(11)12)13-7-6-8-4-3-5-8/h8-9H,2-7H2,1H3,(H3,11,12). The van der Waals surface area contributed by atoms with Crippen molar-refractivity contribution >= 4 is 5.84 Å². The summed E-state index contributed by atoms with van der Waals surface area (Å²) >= 11 is 0. The molecule has 1 atom stereocenters. The second-order valence-corrected chi connectivity index (χ2v) is 3.81. The fourth-order valence-corrected chi connectivity index (χ4v) is 1.59. The maximum atomic E-state index is 7.25. The lowest BCUT2D eigenvalue weighted by molar-refractivity contribution is 0.0733. The van der Waals surface area contributed by atoms with Gasteiger partial charge in [0.2, 0.25) is 0 Å². The van der Waals surface area contributed by atoms with Gasteiger partial charge in [-0.3, -0.25) is 5.41 Å². The van der Waals surface area contributed by atoms with E-state index < -0.39 is 0 Å². The molecule has 76 valence electrons. The molecule has 3 heteroatoms. The summed E-state index contributed by atoms with van der Waals surface area (Å²) in [5, 5.41) is 7.25. The first-order valence-electron chi connectivity index (χ1n) is 5.19. The predicted molar refractivity (Wildman–Crippen MR) is 53.9 cm³/mol. The van der Waals surface area contributed by atoms with E-state index in [1.54, 1.807) is 0 Å². The number of rotatable bonds is 6. The van der Waals surface area contributed by atoms with Crippen LogP contribution in [-0.2, 0) is 4.74 Å². The third-order valence-electron chi connectivity index (χ3n) is 2.79. The van der Waals surface area contributed by atoms with Crippen molar-refractivity contribution in [2.45, 2.75) is 45.1 Å². The minimum atomic E-state index is -0.153. The summed E-state index contributed by atoms with van der Waals surface area (Å²) in [4.78, 5) is 0. The van der Waals surface area contributed by atoms with Gasteiger partial charge in [0.1, 0.15) is 11.9 Å². The maximum Gasteiger partial charge on any atom is 0.120 e. The third kappa shape index (κ3) is 3.35. The molecule has 1 unspecified atom stereocenters. The number of hydrogen-bond donors (Lipinski definition) is 2. The van der Waals surface area contributed by atoms with Crippen LogP contribution in [-0.4, -0.2) is 18.5 Å². The lowest BCUT2D eigenvalue weighted by Gasteiger charge is -2.25. The molecule has 1 aliphatic rings. The van der Waals surface area contributed by atoms with Gasteiger partial charge in [-0.15, -0.1) is 0 Å². The molecule has 0 bridgehead atoms. The second kappa shape index (κ2) is 5.22. The second-order valence-electron chi connectivity index (χ2n) is 3.81. The van der Waals surface area contributed by atoms with Gasteiger partial charge in [0.25, 0.3) is 0 Å². The van der Waals surface area contributed by atoms with E-state index in [0.717, 1.165) is 25.4 Å². The first-order valence-corrected chi connectivity index (χ1v) is 5.19. The van der Waals surface area contributed by atoms with Crippen molar-refractivity contribution in [2.24, 2.45) is 11.7 Å². The monoisotopic (exact) mass is 184 g/mol. The topological polar surface area (TPSA) is 59.1 Å². The Bertz CT molecular complexity index is 166. The lowest BCUT2D eigenvalue weighted by atomic mass is 9.83. The molecule has 0 aromatic heterocycles.